The van der Waals surface area contributed by atoms with Crippen LogP contribution in [0.15, 0.2) is 70.7 Å². The van der Waals surface area contributed by atoms with Crippen molar-refractivity contribution in [2.45, 2.75) is 26.2 Å². The number of furan rings is 1. The van der Waals surface area contributed by atoms with Crippen molar-refractivity contribution in [1.29, 1.82) is 5.26 Å². The lowest BCUT2D eigenvalue weighted by Gasteiger charge is -2.27. The van der Waals surface area contributed by atoms with E-state index in [2.05, 4.69) is 19.9 Å². The van der Waals surface area contributed by atoms with Gasteiger partial charge in [-0.05, 0) is 48.2 Å². The highest BCUT2D eigenvalue weighted by atomic mass is 16.5. The lowest BCUT2D eigenvalue weighted by molar-refractivity contribution is 0.0701. The first-order valence-corrected chi connectivity index (χ1v) is 11.2. The van der Waals surface area contributed by atoms with Crippen LogP contribution < -0.4 is 24.7 Å². The molecule has 0 spiro atoms. The Balaban J connectivity index is 1.66. The van der Waals surface area contributed by atoms with E-state index in [4.69, 9.17) is 29.1 Å². The molecule has 1 atom stereocenters. The predicted octanol–water partition coefficient (Wildman–Crippen LogP) is 5.15. The molecule has 1 unspecified atom stereocenters. The van der Waals surface area contributed by atoms with Gasteiger partial charge in [-0.1, -0.05) is 26.0 Å². The number of hydrogen-bond acceptors (Lipinski definition) is 8. The molecule has 8 nitrogen and oxygen atoms in total. The fourth-order valence-electron chi connectivity index (χ4n) is 3.78. The van der Waals surface area contributed by atoms with Crippen molar-refractivity contribution < 1.29 is 28.2 Å². The summed E-state index contributed by atoms with van der Waals surface area (Å²) in [5, 5.41) is 9.84. The minimum absolute atomic E-state index is 0.0178. The highest BCUT2D eigenvalue weighted by Gasteiger charge is 2.32. The Morgan fingerprint density at radius 3 is 2.69 bits per heavy atom. The summed E-state index contributed by atoms with van der Waals surface area (Å²) in [7, 11) is 1.57. The molecule has 35 heavy (non-hydrogen) atoms. The number of carbonyl (C=O) groups is 1. The first-order valence-electron chi connectivity index (χ1n) is 11.2. The maximum atomic E-state index is 12.2. The van der Waals surface area contributed by atoms with Crippen LogP contribution in [0, 0.1) is 17.2 Å². The molecule has 4 rings (SSSR count). The van der Waals surface area contributed by atoms with Crippen molar-refractivity contribution in [2.75, 3.05) is 13.7 Å². The molecule has 2 heterocycles. The largest absolute Gasteiger partial charge is 0.493 e. The third-order valence-corrected chi connectivity index (χ3v) is 5.60. The average Bonchev–Trinajstić information content (AvgIpc) is 3.38. The van der Waals surface area contributed by atoms with E-state index < -0.39 is 11.9 Å². The van der Waals surface area contributed by atoms with Gasteiger partial charge in [-0.15, -0.1) is 0 Å². The van der Waals surface area contributed by atoms with E-state index in [-0.39, 0.29) is 23.0 Å². The minimum atomic E-state index is -0.638. The highest BCUT2D eigenvalue weighted by molar-refractivity contribution is 5.88. The van der Waals surface area contributed by atoms with Crippen molar-refractivity contribution in [3.05, 3.63) is 83.1 Å². The number of allylic oxidation sites excluding steroid dienone is 1. The molecule has 8 heteroatoms. The number of rotatable bonds is 8. The second kappa shape index (κ2) is 10.3. The number of hydrogen-bond donors (Lipinski definition) is 1. The van der Waals surface area contributed by atoms with Crippen LogP contribution in [0.5, 0.6) is 23.0 Å². The summed E-state index contributed by atoms with van der Waals surface area (Å²) in [6.07, 6.45) is 2.31. The Morgan fingerprint density at radius 2 is 2.00 bits per heavy atom. The maximum Gasteiger partial charge on any atom is 0.379 e. The molecule has 0 fully saturated rings. The SMILES string of the molecule is COc1cc(C2C(C#N)=C(N)Oc3cc(OC(=O)c4ccco4)ccc32)ccc1OCCC(C)C. The summed E-state index contributed by atoms with van der Waals surface area (Å²) >= 11 is 0. The van der Waals surface area contributed by atoms with Gasteiger partial charge in [0.15, 0.2) is 11.5 Å². The van der Waals surface area contributed by atoms with E-state index in [1.54, 1.807) is 31.4 Å². The molecule has 0 aliphatic carbocycles. The highest BCUT2D eigenvalue weighted by Crippen LogP contribution is 2.45. The Kier molecular flexibility index (Phi) is 6.97. The van der Waals surface area contributed by atoms with Crippen molar-refractivity contribution in [1.82, 2.24) is 0 Å². The summed E-state index contributed by atoms with van der Waals surface area (Å²) < 4.78 is 27.7. The van der Waals surface area contributed by atoms with E-state index in [0.717, 1.165) is 12.0 Å². The van der Waals surface area contributed by atoms with Crippen LogP contribution in [0.4, 0.5) is 0 Å². The zero-order chi connectivity index (χ0) is 24.9. The van der Waals surface area contributed by atoms with Gasteiger partial charge in [0.05, 0.1) is 25.9 Å². The lowest BCUT2D eigenvalue weighted by Crippen LogP contribution is -2.21. The average molecular weight is 475 g/mol. The van der Waals surface area contributed by atoms with Crippen molar-refractivity contribution in [3.8, 4) is 29.1 Å². The number of ether oxygens (including phenoxy) is 4. The van der Waals surface area contributed by atoms with Gasteiger partial charge in [0.2, 0.25) is 11.6 Å². The summed E-state index contributed by atoms with van der Waals surface area (Å²) in [5.74, 6) is 1.26. The molecule has 0 saturated carbocycles. The number of esters is 1. The number of fused-ring (bicyclic) bond motifs is 1. The quantitative estimate of drug-likeness (QED) is 0.352. The molecule has 1 aliphatic heterocycles. The number of carbonyl (C=O) groups excluding carboxylic acids is 1. The van der Waals surface area contributed by atoms with E-state index in [9.17, 15) is 10.1 Å². The van der Waals surface area contributed by atoms with Gasteiger partial charge in [-0.3, -0.25) is 0 Å². The fraction of sp³-hybridized carbons (Fsp3) is 0.259. The first-order chi connectivity index (χ1) is 16.9. The summed E-state index contributed by atoms with van der Waals surface area (Å²) in [5.41, 5.74) is 7.86. The maximum absolute atomic E-state index is 12.2. The number of nitrogens with two attached hydrogens (primary N) is 1. The molecule has 3 aromatic rings. The van der Waals surface area contributed by atoms with E-state index in [1.807, 2.05) is 18.2 Å². The van der Waals surface area contributed by atoms with Crippen LogP contribution in [0.2, 0.25) is 0 Å². The first kappa shape index (κ1) is 23.8. The molecule has 2 N–H and O–H groups in total. The molecule has 180 valence electrons. The molecular weight excluding hydrogens is 448 g/mol. The van der Waals surface area contributed by atoms with Gasteiger partial charge in [-0.2, -0.15) is 5.26 Å². The number of methoxy groups -OCH3 is 1. The Labute approximate surface area is 203 Å². The molecule has 0 radical (unpaired) electrons. The van der Waals surface area contributed by atoms with Crippen LogP contribution in [0.25, 0.3) is 0 Å². The van der Waals surface area contributed by atoms with Crippen LogP contribution in [-0.2, 0) is 0 Å². The lowest BCUT2D eigenvalue weighted by atomic mass is 9.83. The van der Waals surface area contributed by atoms with Gasteiger partial charge >= 0.3 is 5.97 Å². The number of nitriles is 1. The van der Waals surface area contributed by atoms with Gasteiger partial charge in [0.1, 0.15) is 23.1 Å². The van der Waals surface area contributed by atoms with Crippen molar-refractivity contribution in [2.24, 2.45) is 11.7 Å². The zero-order valence-electron chi connectivity index (χ0n) is 19.7. The van der Waals surface area contributed by atoms with Gasteiger partial charge < -0.3 is 29.1 Å². The third kappa shape index (κ3) is 5.09. The Hall–Kier alpha value is -4.38. The number of benzene rings is 2. The van der Waals surface area contributed by atoms with E-state index >= 15 is 0 Å². The van der Waals surface area contributed by atoms with E-state index in [1.165, 1.54) is 12.3 Å². The smallest absolute Gasteiger partial charge is 0.379 e. The van der Waals surface area contributed by atoms with Crippen LogP contribution >= 0.6 is 0 Å². The summed E-state index contributed by atoms with van der Waals surface area (Å²) in [6, 6.07) is 15.8. The van der Waals surface area contributed by atoms with Crippen molar-refractivity contribution >= 4 is 5.97 Å². The molecule has 2 aromatic carbocycles. The third-order valence-electron chi connectivity index (χ3n) is 5.60. The Morgan fingerprint density at radius 1 is 1.17 bits per heavy atom. The monoisotopic (exact) mass is 474 g/mol. The molecule has 0 saturated heterocycles. The molecular formula is C27H26N2O6. The Bertz CT molecular complexity index is 1290. The van der Waals surface area contributed by atoms with Crippen molar-refractivity contribution in [3.63, 3.8) is 0 Å². The molecule has 0 amide bonds. The number of nitrogens with zero attached hydrogens (tertiary/aromatic N) is 1. The minimum Gasteiger partial charge on any atom is -0.493 e. The van der Waals surface area contributed by atoms with Gasteiger partial charge in [-0.25, -0.2) is 4.79 Å². The topological polar surface area (TPSA) is 117 Å². The van der Waals surface area contributed by atoms with Gasteiger partial charge in [0, 0.05) is 11.6 Å². The fourth-order valence-corrected chi connectivity index (χ4v) is 3.78. The zero-order valence-corrected chi connectivity index (χ0v) is 19.7. The van der Waals surface area contributed by atoms with E-state index in [0.29, 0.717) is 35.3 Å². The second-order valence-electron chi connectivity index (χ2n) is 8.43. The van der Waals surface area contributed by atoms with Crippen LogP contribution in [0.3, 0.4) is 0 Å². The summed E-state index contributed by atoms with van der Waals surface area (Å²) in [4.78, 5) is 12.2. The predicted molar refractivity (Wildman–Crippen MR) is 127 cm³/mol. The molecule has 1 aliphatic rings. The standard InChI is InChI=1S/C27H26N2O6/c1-16(2)10-12-33-21-9-6-17(13-24(21)31-3)25-19-8-7-18(34-27(30)22-5-4-11-32-22)14-23(19)35-26(29)20(25)15-28/h4-9,11,13-14,16,25H,10,12,29H2,1-3H3. The van der Waals surface area contributed by atoms with Crippen LogP contribution in [-0.4, -0.2) is 19.7 Å². The summed E-state index contributed by atoms with van der Waals surface area (Å²) in [6.45, 7) is 4.84. The second-order valence-corrected chi connectivity index (χ2v) is 8.43. The van der Waals surface area contributed by atoms with Crippen LogP contribution in [0.1, 0.15) is 47.9 Å². The molecule has 0 bridgehead atoms. The normalized spacial score (nSPS) is 14.7. The van der Waals surface area contributed by atoms with Gasteiger partial charge in [0.25, 0.3) is 0 Å². The molecule has 1 aromatic heterocycles.